The molecule has 0 aliphatic carbocycles. The van der Waals surface area contributed by atoms with Gasteiger partial charge in [-0.05, 0) is 58.6 Å². The van der Waals surface area contributed by atoms with Gasteiger partial charge in [0.15, 0.2) is 0 Å². The van der Waals surface area contributed by atoms with E-state index in [1.54, 1.807) is 0 Å². The molecule has 0 unspecified atom stereocenters. The van der Waals surface area contributed by atoms with Gasteiger partial charge < -0.3 is 8.39 Å². The summed E-state index contributed by atoms with van der Waals surface area (Å²) in [6, 6.07) is 36.3. The fraction of sp³-hybridized carbons (Fsp3) is 0.188. The van der Waals surface area contributed by atoms with Crippen LogP contribution in [0.4, 0.5) is 0 Å². The van der Waals surface area contributed by atoms with Crippen LogP contribution in [-0.4, -0.2) is 24.1 Å². The molecule has 1 fully saturated rings. The molecular formula is C32H28NO3P. The Kier molecular flexibility index (Phi) is 5.94. The molecule has 1 aliphatic rings. The Morgan fingerprint density at radius 2 is 1.30 bits per heavy atom. The fourth-order valence-electron chi connectivity index (χ4n) is 5.66. The molecule has 1 saturated heterocycles. The highest BCUT2D eigenvalue weighted by molar-refractivity contribution is 7.31. The van der Waals surface area contributed by atoms with Crippen LogP contribution < -0.4 is 4.52 Å². The van der Waals surface area contributed by atoms with Gasteiger partial charge in [-0.15, -0.1) is 0 Å². The number of rotatable bonds is 5. The van der Waals surface area contributed by atoms with Gasteiger partial charge in [0.25, 0.3) is 0 Å². The van der Waals surface area contributed by atoms with Crippen LogP contribution in [0.1, 0.15) is 18.4 Å². The summed E-state index contributed by atoms with van der Waals surface area (Å²) >= 11 is 0. The first-order valence-electron chi connectivity index (χ1n) is 12.9. The van der Waals surface area contributed by atoms with E-state index in [0.717, 1.165) is 52.2 Å². The molecular weight excluding hydrogens is 477 g/mol. The Hall–Kier alpha value is -3.56. The third-order valence-electron chi connectivity index (χ3n) is 7.48. The third kappa shape index (κ3) is 4.32. The molecule has 0 saturated carbocycles. The second-order valence-corrected chi connectivity index (χ2v) is 10.8. The van der Waals surface area contributed by atoms with E-state index < -0.39 is 8.24 Å². The average Bonchev–Trinajstić information content (AvgIpc) is 3.31. The third-order valence-corrected chi connectivity index (χ3v) is 8.53. The quantitative estimate of drug-likeness (QED) is 0.235. The van der Waals surface area contributed by atoms with Crippen molar-refractivity contribution >= 4 is 51.7 Å². The maximum Gasteiger partial charge on any atom is 0.387 e. The van der Waals surface area contributed by atoms with E-state index in [9.17, 15) is 0 Å². The van der Waals surface area contributed by atoms with Gasteiger partial charge in [-0.3, -0.25) is 9.42 Å². The fourth-order valence-corrected chi connectivity index (χ4v) is 6.72. The monoisotopic (exact) mass is 505 g/mol. The molecule has 1 aromatic heterocycles. The molecule has 0 amide bonds. The molecule has 37 heavy (non-hydrogen) atoms. The Morgan fingerprint density at radius 3 is 1.95 bits per heavy atom. The van der Waals surface area contributed by atoms with Gasteiger partial charge in [-0.25, -0.2) is 0 Å². The van der Waals surface area contributed by atoms with Crippen LogP contribution in [0.15, 0.2) is 112 Å². The Bertz CT molecular complexity index is 1660. The minimum atomic E-state index is -1.60. The summed E-state index contributed by atoms with van der Waals surface area (Å²) in [6.07, 6.45) is 2.31. The molecule has 5 aromatic carbocycles. The summed E-state index contributed by atoms with van der Waals surface area (Å²) < 4.78 is 19.5. The average molecular weight is 506 g/mol. The van der Waals surface area contributed by atoms with Crippen molar-refractivity contribution < 1.29 is 12.9 Å². The zero-order valence-corrected chi connectivity index (χ0v) is 21.4. The van der Waals surface area contributed by atoms with Crippen molar-refractivity contribution in [3.63, 3.8) is 0 Å². The maximum absolute atomic E-state index is 6.51. The zero-order chi connectivity index (χ0) is 24.6. The van der Waals surface area contributed by atoms with E-state index in [4.69, 9.17) is 12.9 Å². The summed E-state index contributed by atoms with van der Waals surface area (Å²) in [5.74, 6) is 0. The molecule has 1 atom stereocenters. The molecule has 184 valence electrons. The summed E-state index contributed by atoms with van der Waals surface area (Å²) in [5.41, 5.74) is 2.96. The predicted molar refractivity (Wildman–Crippen MR) is 153 cm³/mol. The van der Waals surface area contributed by atoms with Crippen LogP contribution in [0.25, 0.3) is 43.5 Å². The van der Waals surface area contributed by atoms with Gasteiger partial charge in [0, 0.05) is 23.4 Å². The highest BCUT2D eigenvalue weighted by Gasteiger charge is 2.25. The predicted octanol–water partition coefficient (Wildman–Crippen LogP) is 8.69. The summed E-state index contributed by atoms with van der Waals surface area (Å²) in [7, 11) is -1.60. The van der Waals surface area contributed by atoms with Gasteiger partial charge in [0.2, 0.25) is 0 Å². The highest BCUT2D eigenvalue weighted by Crippen LogP contribution is 2.40. The van der Waals surface area contributed by atoms with Crippen molar-refractivity contribution in [2.75, 3.05) is 13.2 Å². The van der Waals surface area contributed by atoms with E-state index in [-0.39, 0.29) is 0 Å². The van der Waals surface area contributed by atoms with Crippen LogP contribution in [0.3, 0.4) is 0 Å². The highest BCUT2D eigenvalue weighted by atomic mass is 31.1. The zero-order valence-electron chi connectivity index (χ0n) is 20.5. The van der Waals surface area contributed by atoms with Crippen molar-refractivity contribution in [2.45, 2.75) is 25.4 Å². The van der Waals surface area contributed by atoms with E-state index in [2.05, 4.69) is 108 Å². The molecule has 6 aromatic rings. The van der Waals surface area contributed by atoms with E-state index in [1.807, 2.05) is 0 Å². The minimum absolute atomic E-state index is 0.352. The molecule has 4 nitrogen and oxygen atoms in total. The van der Waals surface area contributed by atoms with Gasteiger partial charge >= 0.3 is 8.24 Å². The molecule has 5 heteroatoms. The number of likely N-dealkylation sites (tertiary alicyclic amines) is 1. The maximum atomic E-state index is 6.51. The summed E-state index contributed by atoms with van der Waals surface area (Å²) in [6.45, 7) is 2.62. The number of hydrogen-bond donors (Lipinski definition) is 0. The standard InChI is InChI=1S/C32H28NO3P/c1-2-9-23(10-3-1)21-33-20-8-13-26(33)22-34-37-35-29-18-16-24-11-4-6-14-27(24)31(29)32-28-15-7-5-12-25(28)17-19-30(32)36-37/h1-7,9-12,14-19,26H,8,13,20-22H2/t26-/m0/s1. The van der Waals surface area contributed by atoms with Gasteiger partial charge in [-0.1, -0.05) is 91.0 Å². The normalized spacial score (nSPS) is 16.3. The molecule has 0 radical (unpaired) electrons. The van der Waals surface area contributed by atoms with Crippen LogP contribution in [-0.2, 0) is 6.54 Å². The molecule has 0 N–H and O–H groups in total. The lowest BCUT2D eigenvalue weighted by atomic mass is 9.99. The van der Waals surface area contributed by atoms with Crippen LogP contribution in [0.5, 0.6) is 0 Å². The summed E-state index contributed by atoms with van der Waals surface area (Å²) in [5, 5.41) is 6.82. The lowest BCUT2D eigenvalue weighted by molar-refractivity contribution is 0.189. The van der Waals surface area contributed by atoms with Crippen LogP contribution in [0, 0.1) is 0 Å². The largest absolute Gasteiger partial charge is 0.399 e. The van der Waals surface area contributed by atoms with E-state index in [1.165, 1.54) is 22.8 Å². The minimum Gasteiger partial charge on any atom is -0.399 e. The Balaban J connectivity index is 1.33. The van der Waals surface area contributed by atoms with Crippen molar-refractivity contribution in [1.29, 1.82) is 0 Å². The number of nitrogens with zero attached hydrogens (tertiary/aromatic N) is 1. The van der Waals surface area contributed by atoms with Crippen molar-refractivity contribution in [1.82, 2.24) is 4.90 Å². The van der Waals surface area contributed by atoms with Crippen LogP contribution in [0.2, 0.25) is 0 Å². The van der Waals surface area contributed by atoms with Crippen molar-refractivity contribution in [3.8, 4) is 0 Å². The number of hydrogen-bond acceptors (Lipinski definition) is 4. The first kappa shape index (κ1) is 22.6. The number of fused-ring (bicyclic) bond motifs is 7. The smallest absolute Gasteiger partial charge is 0.387 e. The topological polar surface area (TPSA) is 38.8 Å². The lowest BCUT2D eigenvalue weighted by Crippen LogP contribution is -2.33. The molecule has 0 spiro atoms. The Morgan fingerprint density at radius 1 is 0.703 bits per heavy atom. The molecule has 2 heterocycles. The second kappa shape index (κ2) is 9.72. The Labute approximate surface area is 216 Å². The lowest BCUT2D eigenvalue weighted by Gasteiger charge is -2.23. The first-order chi connectivity index (χ1) is 18.3. The van der Waals surface area contributed by atoms with Crippen molar-refractivity contribution in [3.05, 3.63) is 109 Å². The summed E-state index contributed by atoms with van der Waals surface area (Å²) in [4.78, 5) is 2.52. The van der Waals surface area contributed by atoms with Gasteiger partial charge in [0.1, 0.15) is 11.2 Å². The molecule has 7 rings (SSSR count). The van der Waals surface area contributed by atoms with Gasteiger partial charge in [0.05, 0.1) is 6.61 Å². The molecule has 1 aliphatic heterocycles. The van der Waals surface area contributed by atoms with Gasteiger partial charge in [-0.2, -0.15) is 0 Å². The molecule has 0 bridgehead atoms. The second-order valence-electron chi connectivity index (χ2n) is 9.77. The van der Waals surface area contributed by atoms with Crippen LogP contribution >= 0.6 is 8.24 Å². The first-order valence-corrected chi connectivity index (χ1v) is 14.0. The number of benzene rings is 5. The van der Waals surface area contributed by atoms with E-state index >= 15 is 0 Å². The SMILES string of the molecule is c1ccc(CN2CCC[C@H]2COp2oc3ccc4ccccc4c3c3c(ccc4ccccc43)o2)cc1. The van der Waals surface area contributed by atoms with E-state index in [0.29, 0.717) is 12.6 Å². The van der Waals surface area contributed by atoms with Crippen molar-refractivity contribution in [2.24, 2.45) is 0 Å².